The van der Waals surface area contributed by atoms with E-state index < -0.39 is 0 Å². The number of hydrogen-bond acceptors (Lipinski definition) is 2. The lowest BCUT2D eigenvalue weighted by atomic mass is 9.82. The highest BCUT2D eigenvalue weighted by Crippen LogP contribution is 2.53. The Hall–Kier alpha value is -7.62. The van der Waals surface area contributed by atoms with E-state index in [0.717, 1.165) is 66.8 Å². The van der Waals surface area contributed by atoms with E-state index >= 15 is 0 Å². The number of nitrogens with zero attached hydrogens (tertiary/aromatic N) is 2. The lowest BCUT2D eigenvalue weighted by molar-refractivity contribution is 0.660. The quantitative estimate of drug-likeness (QED) is 0.168. The predicted molar refractivity (Wildman–Crippen MR) is 251 cm³/mol. The molecule has 0 unspecified atom stereocenters. The molecule has 0 amide bonds. The second kappa shape index (κ2) is 13.2. The number of anilines is 3. The molecule has 3 nitrogen and oxygen atoms in total. The molecule has 0 N–H and O–H groups in total. The lowest BCUT2D eigenvalue weighted by Crippen LogP contribution is -2.17. The van der Waals surface area contributed by atoms with Crippen LogP contribution in [0.4, 0.5) is 17.1 Å². The topological polar surface area (TPSA) is 21.3 Å². The second-order valence-electron chi connectivity index (χ2n) is 16.4. The summed E-state index contributed by atoms with van der Waals surface area (Å²) in [5, 5.41) is 4.63. The highest BCUT2D eigenvalue weighted by atomic mass is 16.3. The Bertz CT molecular complexity index is 3480. The fraction of sp³-hybridized carbons (Fsp3) is 0.0526. The van der Waals surface area contributed by atoms with Crippen LogP contribution in [0.2, 0.25) is 0 Å². The Labute approximate surface area is 349 Å². The number of fused-ring (bicyclic) bond motifs is 9. The van der Waals surface area contributed by atoms with Crippen LogP contribution in [0.1, 0.15) is 25.0 Å². The van der Waals surface area contributed by atoms with Gasteiger partial charge in [-0.1, -0.05) is 172 Å². The van der Waals surface area contributed by atoms with E-state index in [-0.39, 0.29) is 5.41 Å². The molecule has 0 saturated carbocycles. The van der Waals surface area contributed by atoms with Crippen LogP contribution in [0.5, 0.6) is 0 Å². The Balaban J connectivity index is 1.14. The zero-order chi connectivity index (χ0) is 40.0. The number of furan rings is 1. The number of benzene rings is 9. The van der Waals surface area contributed by atoms with Crippen LogP contribution in [-0.4, -0.2) is 4.57 Å². The maximum absolute atomic E-state index is 6.63. The number of rotatable bonds is 6. The maximum Gasteiger partial charge on any atom is 0.143 e. The molecule has 0 spiro atoms. The summed E-state index contributed by atoms with van der Waals surface area (Å²) in [4.78, 5) is 2.50. The van der Waals surface area contributed by atoms with Crippen molar-refractivity contribution in [3.63, 3.8) is 0 Å². The van der Waals surface area contributed by atoms with Crippen molar-refractivity contribution in [2.75, 3.05) is 4.90 Å². The van der Waals surface area contributed by atoms with Crippen LogP contribution in [0.25, 0.3) is 82.8 Å². The summed E-state index contributed by atoms with van der Waals surface area (Å²) in [5.41, 5.74) is 18.3. The normalized spacial score (nSPS) is 13.0. The molecule has 1 aliphatic rings. The van der Waals surface area contributed by atoms with E-state index in [2.05, 4.69) is 224 Å². The van der Waals surface area contributed by atoms with E-state index in [9.17, 15) is 0 Å². The number of hydrogen-bond donors (Lipinski definition) is 0. The van der Waals surface area contributed by atoms with E-state index in [1.54, 1.807) is 0 Å². The Kier molecular flexibility index (Phi) is 7.58. The van der Waals surface area contributed by atoms with Crippen LogP contribution < -0.4 is 4.90 Å². The Morgan fingerprint density at radius 1 is 0.433 bits per heavy atom. The van der Waals surface area contributed by atoms with Gasteiger partial charge in [-0.15, -0.1) is 0 Å². The molecular weight excluding hydrogens is 729 g/mol. The van der Waals surface area contributed by atoms with Gasteiger partial charge in [0.1, 0.15) is 11.2 Å². The van der Waals surface area contributed by atoms with Crippen LogP contribution in [0.15, 0.2) is 211 Å². The van der Waals surface area contributed by atoms with Crippen LogP contribution in [-0.2, 0) is 5.41 Å². The van der Waals surface area contributed by atoms with E-state index in [0.29, 0.717) is 0 Å². The summed E-state index contributed by atoms with van der Waals surface area (Å²) in [6.07, 6.45) is 0. The molecule has 0 radical (unpaired) electrons. The lowest BCUT2D eigenvalue weighted by Gasteiger charge is -2.30. The molecule has 12 rings (SSSR count). The van der Waals surface area contributed by atoms with Crippen molar-refractivity contribution in [3.8, 4) is 39.1 Å². The van der Waals surface area contributed by atoms with Crippen molar-refractivity contribution in [3.05, 3.63) is 217 Å². The molecule has 2 aromatic heterocycles. The minimum atomic E-state index is -0.152. The largest absolute Gasteiger partial charge is 0.455 e. The molecular formula is C57H40N2O. The van der Waals surface area contributed by atoms with Gasteiger partial charge >= 0.3 is 0 Å². The van der Waals surface area contributed by atoms with Crippen molar-refractivity contribution in [2.24, 2.45) is 0 Å². The second-order valence-corrected chi connectivity index (χ2v) is 16.4. The van der Waals surface area contributed by atoms with E-state index in [4.69, 9.17) is 4.42 Å². The third-order valence-corrected chi connectivity index (χ3v) is 12.8. The first-order valence-electron chi connectivity index (χ1n) is 20.8. The van der Waals surface area contributed by atoms with Gasteiger partial charge in [0, 0.05) is 49.3 Å². The van der Waals surface area contributed by atoms with Gasteiger partial charge in [-0.3, -0.25) is 0 Å². The smallest absolute Gasteiger partial charge is 0.143 e. The molecule has 60 heavy (non-hydrogen) atoms. The fourth-order valence-electron chi connectivity index (χ4n) is 10.1. The highest BCUT2D eigenvalue weighted by Gasteiger charge is 2.36. The fourth-order valence-corrected chi connectivity index (χ4v) is 10.1. The summed E-state index contributed by atoms with van der Waals surface area (Å²) >= 11 is 0. The van der Waals surface area contributed by atoms with Crippen molar-refractivity contribution >= 4 is 60.8 Å². The highest BCUT2D eigenvalue weighted by molar-refractivity contribution is 6.18. The molecule has 2 heterocycles. The standard InChI is InChI=1S/C57H40N2O/c1-57(2)47-27-11-6-21-40(47)41-35-34-38(36-48(41)57)58(49-28-12-7-20-39(49)37-18-4-3-5-19-37)52-31-17-32-53-55(52)46-24-9-14-30-51(46)59(53)50-29-13-8-22-42(50)44-25-16-26-45-43-23-10-15-33-54(43)60-56(44)45/h3-36H,1-2H3. The van der Waals surface area contributed by atoms with Gasteiger partial charge in [-0.25, -0.2) is 0 Å². The predicted octanol–water partition coefficient (Wildman–Crippen LogP) is 15.8. The number of aromatic nitrogens is 1. The van der Waals surface area contributed by atoms with Crippen molar-refractivity contribution in [1.82, 2.24) is 4.57 Å². The summed E-state index contributed by atoms with van der Waals surface area (Å²) in [6, 6.07) is 74.9. The first kappa shape index (κ1) is 34.4. The van der Waals surface area contributed by atoms with Gasteiger partial charge < -0.3 is 13.9 Å². The van der Waals surface area contributed by atoms with Gasteiger partial charge in [-0.2, -0.15) is 0 Å². The van der Waals surface area contributed by atoms with Gasteiger partial charge in [0.15, 0.2) is 0 Å². The van der Waals surface area contributed by atoms with Gasteiger partial charge in [0.25, 0.3) is 0 Å². The summed E-state index contributed by atoms with van der Waals surface area (Å²) in [7, 11) is 0. The molecule has 284 valence electrons. The van der Waals surface area contributed by atoms with Crippen LogP contribution in [0.3, 0.4) is 0 Å². The summed E-state index contributed by atoms with van der Waals surface area (Å²) in [6.45, 7) is 4.72. The van der Waals surface area contributed by atoms with Crippen LogP contribution in [0, 0.1) is 0 Å². The molecule has 0 atom stereocenters. The van der Waals surface area contributed by atoms with Crippen molar-refractivity contribution < 1.29 is 4.42 Å². The average molecular weight is 769 g/mol. The van der Waals surface area contributed by atoms with E-state index in [1.165, 1.54) is 44.2 Å². The minimum absolute atomic E-state index is 0.152. The SMILES string of the molecule is CC1(C)c2ccccc2-c2ccc(N(c3ccccc3-c3ccccc3)c3cccc4c3c3ccccc3n4-c3ccccc3-c3cccc4c3oc3ccccc34)cc21. The molecule has 11 aromatic rings. The summed E-state index contributed by atoms with van der Waals surface area (Å²) < 4.78 is 9.09. The van der Waals surface area contributed by atoms with E-state index in [1.807, 2.05) is 6.07 Å². The molecule has 9 aromatic carbocycles. The third-order valence-electron chi connectivity index (χ3n) is 12.8. The first-order valence-corrected chi connectivity index (χ1v) is 20.8. The Morgan fingerprint density at radius 3 is 1.93 bits per heavy atom. The van der Waals surface area contributed by atoms with Gasteiger partial charge in [0.2, 0.25) is 0 Å². The summed E-state index contributed by atoms with van der Waals surface area (Å²) in [5.74, 6) is 0. The monoisotopic (exact) mass is 768 g/mol. The van der Waals surface area contributed by atoms with Crippen LogP contribution >= 0.6 is 0 Å². The van der Waals surface area contributed by atoms with Crippen molar-refractivity contribution in [2.45, 2.75) is 19.3 Å². The Morgan fingerprint density at radius 2 is 1.05 bits per heavy atom. The zero-order valence-corrected chi connectivity index (χ0v) is 33.4. The third kappa shape index (κ3) is 5.02. The van der Waals surface area contributed by atoms with Crippen molar-refractivity contribution in [1.29, 1.82) is 0 Å². The average Bonchev–Trinajstić information content (AvgIpc) is 3.93. The molecule has 0 aliphatic heterocycles. The molecule has 0 saturated heterocycles. The maximum atomic E-state index is 6.63. The molecule has 0 bridgehead atoms. The molecule has 3 heteroatoms. The van der Waals surface area contributed by atoms with Gasteiger partial charge in [-0.05, 0) is 76.3 Å². The molecule has 0 fully saturated rings. The molecule has 1 aliphatic carbocycles. The first-order chi connectivity index (χ1) is 29.6. The van der Waals surface area contributed by atoms with Gasteiger partial charge in [0.05, 0.1) is 28.1 Å². The zero-order valence-electron chi connectivity index (χ0n) is 33.4. The minimum Gasteiger partial charge on any atom is -0.455 e. The number of para-hydroxylation sites is 5.